The van der Waals surface area contributed by atoms with Crippen LogP contribution in [-0.2, 0) is 14.3 Å². The molecule has 4 nitrogen and oxygen atoms in total. The third kappa shape index (κ3) is 2.46. The lowest BCUT2D eigenvalue weighted by molar-refractivity contribution is -0.272. The Balaban J connectivity index is 2.32. The van der Waals surface area contributed by atoms with Crippen LogP contribution in [0.15, 0.2) is 0 Å². The van der Waals surface area contributed by atoms with Gasteiger partial charge in [0.25, 0.3) is 0 Å². The Morgan fingerprint density at radius 1 is 1.32 bits per heavy atom. The lowest BCUT2D eigenvalue weighted by Crippen LogP contribution is -2.56. The van der Waals surface area contributed by atoms with Crippen molar-refractivity contribution >= 4 is 5.78 Å². The number of hydrogen-bond donors (Lipinski definition) is 1. The molecule has 2 rings (SSSR count). The summed E-state index contributed by atoms with van der Waals surface area (Å²) in [5.41, 5.74) is 0. The number of ketones is 1. The Morgan fingerprint density at radius 3 is 2.53 bits per heavy atom. The molecule has 0 heterocycles. The highest BCUT2D eigenvalue weighted by Crippen LogP contribution is 2.51. The average Bonchev–Trinajstić information content (AvgIpc) is 2.47. The monoisotopic (exact) mass is 270 g/mol. The molecule has 4 heteroatoms. The third-order valence-corrected chi connectivity index (χ3v) is 5.29. The van der Waals surface area contributed by atoms with Gasteiger partial charge < -0.3 is 14.6 Å². The zero-order valence-electron chi connectivity index (χ0n) is 12.2. The lowest BCUT2D eigenvalue weighted by Gasteiger charge is -2.51. The number of ether oxygens (including phenoxy) is 2. The fraction of sp³-hybridized carbons (Fsp3) is 0.933. The molecular formula is C15H26O4. The van der Waals surface area contributed by atoms with Crippen LogP contribution in [0.25, 0.3) is 0 Å². The van der Waals surface area contributed by atoms with Crippen LogP contribution >= 0.6 is 0 Å². The van der Waals surface area contributed by atoms with Crippen molar-refractivity contribution in [2.45, 2.75) is 44.8 Å². The topological polar surface area (TPSA) is 55.8 Å². The van der Waals surface area contributed by atoms with Gasteiger partial charge in [-0.1, -0.05) is 13.3 Å². The van der Waals surface area contributed by atoms with E-state index in [0.717, 1.165) is 19.3 Å². The standard InChI is InChI=1S/C15H26O4/c1-4-11-7-10(9-16)8-12-14(11)13(17)5-6-15(12,18-2)19-3/h10-12,14,16H,4-9H2,1-3H3. The lowest BCUT2D eigenvalue weighted by atomic mass is 9.59. The number of aliphatic hydroxyl groups excluding tert-OH is 1. The molecule has 4 atom stereocenters. The number of carbonyl (C=O) groups excluding carboxylic acids is 1. The zero-order valence-corrected chi connectivity index (χ0v) is 12.2. The molecular weight excluding hydrogens is 244 g/mol. The highest BCUT2D eigenvalue weighted by Gasteiger charge is 2.54. The van der Waals surface area contributed by atoms with Crippen molar-refractivity contribution in [1.29, 1.82) is 0 Å². The first-order valence-corrected chi connectivity index (χ1v) is 7.35. The number of hydrogen-bond acceptors (Lipinski definition) is 4. The van der Waals surface area contributed by atoms with E-state index < -0.39 is 5.79 Å². The predicted octanol–water partition coefficient (Wildman–Crippen LogP) is 2.00. The van der Waals surface area contributed by atoms with Crippen molar-refractivity contribution in [3.05, 3.63) is 0 Å². The van der Waals surface area contributed by atoms with Gasteiger partial charge in [0.2, 0.25) is 0 Å². The number of aliphatic hydroxyl groups is 1. The molecule has 0 bridgehead atoms. The van der Waals surface area contributed by atoms with Gasteiger partial charge in [-0.05, 0) is 24.7 Å². The second-order valence-corrected chi connectivity index (χ2v) is 6.01. The largest absolute Gasteiger partial charge is 0.396 e. The minimum Gasteiger partial charge on any atom is -0.396 e. The van der Waals surface area contributed by atoms with Gasteiger partial charge >= 0.3 is 0 Å². The van der Waals surface area contributed by atoms with Gasteiger partial charge in [0.1, 0.15) is 5.78 Å². The van der Waals surface area contributed by atoms with Crippen molar-refractivity contribution in [3.8, 4) is 0 Å². The molecule has 4 unspecified atom stereocenters. The minimum atomic E-state index is -0.639. The molecule has 0 saturated heterocycles. The van der Waals surface area contributed by atoms with Gasteiger partial charge in [-0.2, -0.15) is 0 Å². The van der Waals surface area contributed by atoms with Crippen LogP contribution < -0.4 is 0 Å². The summed E-state index contributed by atoms with van der Waals surface area (Å²) in [6.45, 7) is 2.32. The van der Waals surface area contributed by atoms with Crippen LogP contribution in [-0.4, -0.2) is 37.5 Å². The number of methoxy groups -OCH3 is 2. The first-order chi connectivity index (χ1) is 9.11. The molecule has 2 aliphatic rings. The Kier molecular flexibility index (Phi) is 4.64. The average molecular weight is 270 g/mol. The van der Waals surface area contributed by atoms with Crippen molar-refractivity contribution in [1.82, 2.24) is 0 Å². The maximum atomic E-state index is 12.3. The maximum Gasteiger partial charge on any atom is 0.171 e. The number of carbonyl (C=O) groups is 1. The van der Waals surface area contributed by atoms with Crippen LogP contribution in [0.3, 0.4) is 0 Å². The summed E-state index contributed by atoms with van der Waals surface area (Å²) in [5, 5.41) is 9.51. The van der Waals surface area contributed by atoms with Crippen LogP contribution in [0, 0.1) is 23.7 Å². The summed E-state index contributed by atoms with van der Waals surface area (Å²) in [6.07, 6.45) is 3.93. The smallest absolute Gasteiger partial charge is 0.171 e. The van der Waals surface area contributed by atoms with E-state index in [4.69, 9.17) is 9.47 Å². The molecule has 0 aromatic carbocycles. The summed E-state index contributed by atoms with van der Waals surface area (Å²) < 4.78 is 11.4. The minimum absolute atomic E-state index is 0.0430. The molecule has 0 amide bonds. The number of rotatable bonds is 4. The third-order valence-electron chi connectivity index (χ3n) is 5.29. The van der Waals surface area contributed by atoms with E-state index in [1.54, 1.807) is 14.2 Å². The Labute approximate surface area is 115 Å². The fourth-order valence-electron chi connectivity index (χ4n) is 4.26. The van der Waals surface area contributed by atoms with Crippen molar-refractivity contribution in [3.63, 3.8) is 0 Å². The molecule has 0 spiro atoms. The molecule has 110 valence electrons. The molecule has 2 saturated carbocycles. The summed E-state index contributed by atoms with van der Waals surface area (Å²) >= 11 is 0. The van der Waals surface area contributed by atoms with Crippen molar-refractivity contribution in [2.24, 2.45) is 23.7 Å². The second-order valence-electron chi connectivity index (χ2n) is 6.01. The summed E-state index contributed by atoms with van der Waals surface area (Å²) in [4.78, 5) is 12.3. The number of fused-ring (bicyclic) bond motifs is 1. The second kappa shape index (κ2) is 5.90. The molecule has 0 aromatic heterocycles. The van der Waals surface area contributed by atoms with Crippen LogP contribution in [0.1, 0.15) is 39.0 Å². The molecule has 2 fully saturated rings. The first-order valence-electron chi connectivity index (χ1n) is 7.35. The molecule has 0 radical (unpaired) electrons. The fourth-order valence-corrected chi connectivity index (χ4v) is 4.26. The normalized spacial score (nSPS) is 38.0. The van der Waals surface area contributed by atoms with Gasteiger partial charge in [0, 0.05) is 45.5 Å². The Bertz CT molecular complexity index is 324. The van der Waals surface area contributed by atoms with E-state index in [9.17, 15) is 9.90 Å². The zero-order chi connectivity index (χ0) is 14.0. The van der Waals surface area contributed by atoms with Gasteiger partial charge in [-0.25, -0.2) is 0 Å². The molecule has 0 aliphatic heterocycles. The van der Waals surface area contributed by atoms with Gasteiger partial charge in [0.05, 0.1) is 0 Å². The first kappa shape index (κ1) is 14.9. The molecule has 2 aliphatic carbocycles. The van der Waals surface area contributed by atoms with Gasteiger partial charge in [-0.3, -0.25) is 4.79 Å². The quantitative estimate of drug-likeness (QED) is 0.794. The van der Waals surface area contributed by atoms with E-state index in [2.05, 4.69) is 6.92 Å². The highest BCUT2D eigenvalue weighted by molar-refractivity contribution is 5.83. The Hall–Kier alpha value is -0.450. The SMILES string of the molecule is CCC1CC(CO)CC2C1C(=O)CCC2(OC)OC. The van der Waals surface area contributed by atoms with Crippen molar-refractivity contribution in [2.75, 3.05) is 20.8 Å². The number of Topliss-reactive ketones (excluding diaryl/α,β-unsaturated/α-hetero) is 1. The summed E-state index contributed by atoms with van der Waals surface area (Å²) in [5.74, 6) is 0.467. The van der Waals surface area contributed by atoms with Crippen LogP contribution in [0.2, 0.25) is 0 Å². The highest BCUT2D eigenvalue weighted by atomic mass is 16.7. The van der Waals surface area contributed by atoms with E-state index >= 15 is 0 Å². The predicted molar refractivity (Wildman–Crippen MR) is 71.6 cm³/mol. The van der Waals surface area contributed by atoms with Crippen LogP contribution in [0.5, 0.6) is 0 Å². The molecule has 19 heavy (non-hydrogen) atoms. The van der Waals surface area contributed by atoms with E-state index in [0.29, 0.717) is 24.5 Å². The summed E-state index contributed by atoms with van der Waals surface area (Å²) in [6, 6.07) is 0. The maximum absolute atomic E-state index is 12.3. The summed E-state index contributed by atoms with van der Waals surface area (Å²) in [7, 11) is 3.33. The van der Waals surface area contributed by atoms with E-state index in [1.807, 2.05) is 0 Å². The van der Waals surface area contributed by atoms with E-state index in [1.165, 1.54) is 0 Å². The van der Waals surface area contributed by atoms with Crippen molar-refractivity contribution < 1.29 is 19.4 Å². The van der Waals surface area contributed by atoms with Gasteiger partial charge in [-0.15, -0.1) is 0 Å². The Morgan fingerprint density at radius 2 is 2.00 bits per heavy atom. The van der Waals surface area contributed by atoms with E-state index in [-0.39, 0.29) is 24.4 Å². The van der Waals surface area contributed by atoms with Gasteiger partial charge in [0.15, 0.2) is 5.79 Å². The molecule has 1 N–H and O–H groups in total. The van der Waals surface area contributed by atoms with Crippen LogP contribution in [0.4, 0.5) is 0 Å². The molecule has 0 aromatic rings.